The molecule has 0 aliphatic carbocycles. The summed E-state index contributed by atoms with van der Waals surface area (Å²) < 4.78 is 16.6. The van der Waals surface area contributed by atoms with Crippen LogP contribution in [0.5, 0.6) is 0 Å². The van der Waals surface area contributed by atoms with Gasteiger partial charge in [-0.15, -0.1) is 0 Å². The number of nitrogens with zero attached hydrogens (tertiary/aromatic N) is 4. The van der Waals surface area contributed by atoms with Crippen molar-refractivity contribution >= 4 is 34.8 Å². The second-order valence-corrected chi connectivity index (χ2v) is 33.8. The average Bonchev–Trinajstić information content (AvgIpc) is 0.943. The normalized spacial score (nSPS) is 20.3. The Bertz CT molecular complexity index is 2720. The number of aryl methyl sites for hydroxylation is 1. The van der Waals surface area contributed by atoms with Gasteiger partial charge in [0.25, 0.3) is 0 Å². The number of methoxy groups -OCH3 is 1. The molecule has 0 amide bonds. The number of rotatable bonds is 21. The van der Waals surface area contributed by atoms with Crippen molar-refractivity contribution < 1.29 is 19.3 Å². The zero-order valence-corrected chi connectivity index (χ0v) is 64.1. The minimum atomic E-state index is -0.0828. The monoisotopic (exact) mass is 1360 g/mol. The number of aliphatic hydroxyl groups is 1. The molecule has 0 radical (unpaired) electrons. The second kappa shape index (κ2) is 38.6. The molecule has 6 aliphatic heterocycles. The van der Waals surface area contributed by atoms with Crippen molar-refractivity contribution in [3.63, 3.8) is 0 Å². The summed E-state index contributed by atoms with van der Waals surface area (Å²) in [7, 11) is 1.82. The van der Waals surface area contributed by atoms with Gasteiger partial charge in [-0.3, -0.25) is 9.80 Å². The quantitative estimate of drug-likeness (QED) is 0.0828. The van der Waals surface area contributed by atoms with E-state index in [1.165, 1.54) is 129 Å². The number of halogens is 3. The molecule has 95 heavy (non-hydrogen) atoms. The van der Waals surface area contributed by atoms with E-state index in [0.29, 0.717) is 18.2 Å². The fourth-order valence-corrected chi connectivity index (χ4v) is 16.2. The third kappa shape index (κ3) is 26.4. The van der Waals surface area contributed by atoms with E-state index in [9.17, 15) is 5.11 Å². The Labute approximate surface area is 594 Å². The molecule has 6 fully saturated rings. The van der Waals surface area contributed by atoms with Gasteiger partial charge in [-0.1, -0.05) is 180 Å². The molecule has 4 aromatic rings. The zero-order chi connectivity index (χ0) is 68.8. The topological polar surface area (TPSA) is 60.9 Å². The highest BCUT2D eigenvalue weighted by molar-refractivity contribution is 6.31. The molecule has 0 aromatic heterocycles. The van der Waals surface area contributed by atoms with Gasteiger partial charge in [0.05, 0.1) is 12.2 Å². The predicted molar refractivity (Wildman–Crippen MR) is 406 cm³/mol. The number of ether oxygens (including phenoxy) is 3. The van der Waals surface area contributed by atoms with Crippen LogP contribution in [0.25, 0.3) is 0 Å². The van der Waals surface area contributed by atoms with Crippen LogP contribution in [0.15, 0.2) is 120 Å². The summed E-state index contributed by atoms with van der Waals surface area (Å²) >= 11 is 18.0. The van der Waals surface area contributed by atoms with Crippen LogP contribution in [-0.4, -0.2) is 148 Å². The first-order valence-electron chi connectivity index (χ1n) is 37.1. The van der Waals surface area contributed by atoms with E-state index in [1.54, 1.807) is 0 Å². The van der Waals surface area contributed by atoms with Gasteiger partial charge in [-0.25, -0.2) is 0 Å². The minimum absolute atomic E-state index is 0.0828. The molecule has 8 nitrogen and oxygen atoms in total. The van der Waals surface area contributed by atoms with E-state index < -0.39 is 0 Å². The number of allylic oxidation sites excluding steroid dienone is 2. The molecule has 0 bridgehead atoms. The van der Waals surface area contributed by atoms with Crippen LogP contribution in [0.1, 0.15) is 214 Å². The summed E-state index contributed by atoms with van der Waals surface area (Å²) in [6.07, 6.45) is 24.7. The Morgan fingerprint density at radius 2 is 0.737 bits per heavy atom. The highest BCUT2D eigenvalue weighted by Crippen LogP contribution is 2.39. The molecule has 530 valence electrons. The molecule has 6 aliphatic rings. The van der Waals surface area contributed by atoms with Crippen molar-refractivity contribution in [1.29, 1.82) is 0 Å². The van der Waals surface area contributed by atoms with E-state index >= 15 is 0 Å². The number of piperidine rings is 4. The molecule has 4 aromatic carbocycles. The first-order valence-corrected chi connectivity index (χ1v) is 38.3. The summed E-state index contributed by atoms with van der Waals surface area (Å²) in [5.41, 5.74) is 10.4. The summed E-state index contributed by atoms with van der Waals surface area (Å²) in [5.74, 6) is 3.61. The molecule has 0 saturated carbocycles. The molecule has 11 heteroatoms. The Balaban J connectivity index is 0.000000182. The molecule has 6 saturated heterocycles. The zero-order valence-electron chi connectivity index (χ0n) is 61.8. The van der Waals surface area contributed by atoms with Crippen LogP contribution >= 0.6 is 34.8 Å². The maximum Gasteiger partial charge on any atom is 0.0595 e. The van der Waals surface area contributed by atoms with Crippen LogP contribution in [0.3, 0.4) is 0 Å². The molecular weight excluding hydrogens is 1240 g/mol. The second-order valence-electron chi connectivity index (χ2n) is 32.4. The van der Waals surface area contributed by atoms with E-state index in [2.05, 4.69) is 182 Å². The lowest BCUT2D eigenvalue weighted by molar-refractivity contribution is 0.0260. The van der Waals surface area contributed by atoms with Gasteiger partial charge in [0.15, 0.2) is 0 Å². The van der Waals surface area contributed by atoms with Gasteiger partial charge in [-0.05, 0) is 281 Å². The highest BCUT2D eigenvalue weighted by atomic mass is 35.5. The molecule has 6 heterocycles. The van der Waals surface area contributed by atoms with Gasteiger partial charge >= 0.3 is 0 Å². The van der Waals surface area contributed by atoms with Crippen molar-refractivity contribution in [3.05, 3.63) is 163 Å². The van der Waals surface area contributed by atoms with Crippen molar-refractivity contribution in [1.82, 2.24) is 19.6 Å². The third-order valence-electron chi connectivity index (χ3n) is 22.7. The Morgan fingerprint density at radius 3 is 1.05 bits per heavy atom. The Hall–Kier alpha value is -3.09. The number of aliphatic hydroxyl groups excluding tert-OH is 1. The fourth-order valence-electron chi connectivity index (χ4n) is 15.8. The maximum atomic E-state index is 9.52. The molecule has 2 unspecified atom stereocenters. The van der Waals surface area contributed by atoms with Crippen LogP contribution in [0.4, 0.5) is 0 Å². The number of benzene rings is 4. The van der Waals surface area contributed by atoms with E-state index in [-0.39, 0.29) is 27.8 Å². The van der Waals surface area contributed by atoms with Crippen LogP contribution in [-0.2, 0) is 35.9 Å². The summed E-state index contributed by atoms with van der Waals surface area (Å²) in [6.45, 7) is 45.4. The van der Waals surface area contributed by atoms with Gasteiger partial charge in [0.2, 0.25) is 0 Å². The van der Waals surface area contributed by atoms with Crippen LogP contribution in [0, 0.1) is 30.6 Å². The molecule has 1 N–H and O–H groups in total. The smallest absolute Gasteiger partial charge is 0.0595 e. The number of hydrogen-bond acceptors (Lipinski definition) is 8. The molecule has 0 spiro atoms. The predicted octanol–water partition coefficient (Wildman–Crippen LogP) is 20.2. The SMILES string of the molecule is CC(C)(CCN1CCC(O)CC1)c1ccc(Cl)cc1.CC(C)=CC(CC(C)(C)c1ccc(C)cc1)N1CCC(C2CCOCC2)CC1.CC(C)=CC(CC(C)(C)c1ccc(Cl)cc1)N1CCC(C2CCOCC2)CC1.COC1CCN(CCC(C)(C)c2ccc(Cl)cc2)CC1. The fraction of sp³-hybridized carbons (Fsp3) is 0.667. The average molecular weight is 1370 g/mol. The minimum Gasteiger partial charge on any atom is -0.393 e. The van der Waals surface area contributed by atoms with Crippen molar-refractivity contribution in [3.8, 4) is 0 Å². The third-order valence-corrected chi connectivity index (χ3v) is 23.4. The van der Waals surface area contributed by atoms with Crippen molar-refractivity contribution in [2.45, 2.75) is 239 Å². The maximum absolute atomic E-state index is 9.52. The lowest BCUT2D eigenvalue weighted by Crippen LogP contribution is -2.44. The summed E-state index contributed by atoms with van der Waals surface area (Å²) in [5, 5.41) is 11.9. The Morgan fingerprint density at radius 1 is 0.442 bits per heavy atom. The first-order chi connectivity index (χ1) is 45.2. The van der Waals surface area contributed by atoms with Gasteiger partial charge in [0, 0.05) is 86.9 Å². The largest absolute Gasteiger partial charge is 0.393 e. The molecular formula is C84H129Cl3N4O4. The summed E-state index contributed by atoms with van der Waals surface area (Å²) in [6, 6.07) is 35.1. The first kappa shape index (κ1) is 79.2. The lowest BCUT2D eigenvalue weighted by Gasteiger charge is -2.42. The van der Waals surface area contributed by atoms with E-state index in [0.717, 1.165) is 143 Å². The highest BCUT2D eigenvalue weighted by Gasteiger charge is 2.36. The van der Waals surface area contributed by atoms with Crippen LogP contribution in [0.2, 0.25) is 15.1 Å². The standard InChI is InChI=1S/C26H41NO.C25H38ClNO.C17H26ClNO.C16H24ClNO/c1-20(2)18-25(19-26(4,5)24-8-6-21(3)7-9-24)27-14-10-22(11-15-27)23-12-16-28-17-13-23;1-19(2)17-24(18-25(3,4)22-5-7-23(26)8-6-22)27-13-9-20(10-14-27)21-11-15-28-16-12-21;1-17(2,14-4-6-15(18)7-5-14)10-13-19-11-8-16(20-3)9-12-19;1-16(2,13-3-5-14(17)6-4-13)9-12-18-10-7-15(19)8-11-18/h6-9,18,22-23,25H,10-17,19H2,1-5H3;5-8,17,20-21,24H,9-16,18H2,1-4H3;4-7,16H,8-13H2,1-3H3;3-6,15,19H,7-12H2,1-2H3. The lowest BCUT2D eigenvalue weighted by atomic mass is 9.76. The molecule has 10 rings (SSSR count). The van der Waals surface area contributed by atoms with Gasteiger partial charge in [0.1, 0.15) is 0 Å². The van der Waals surface area contributed by atoms with Crippen LogP contribution < -0.4 is 0 Å². The summed E-state index contributed by atoms with van der Waals surface area (Å²) in [4.78, 5) is 10.5. The number of likely N-dealkylation sites (tertiary alicyclic amines) is 4. The van der Waals surface area contributed by atoms with E-state index in [1.807, 2.05) is 43.5 Å². The van der Waals surface area contributed by atoms with Gasteiger partial charge in [-0.2, -0.15) is 0 Å². The van der Waals surface area contributed by atoms with E-state index in [4.69, 9.17) is 49.0 Å². The Kier molecular flexibility index (Phi) is 32.2. The number of hydrogen-bond donors (Lipinski definition) is 1. The van der Waals surface area contributed by atoms with Crippen molar-refractivity contribution in [2.24, 2.45) is 23.7 Å². The van der Waals surface area contributed by atoms with Crippen molar-refractivity contribution in [2.75, 3.05) is 99.0 Å². The molecule has 2 atom stereocenters. The van der Waals surface area contributed by atoms with Gasteiger partial charge < -0.3 is 29.1 Å².